The molecular formula is C20H24N2O4S. The van der Waals surface area contributed by atoms with Crippen molar-refractivity contribution in [1.29, 1.82) is 0 Å². The minimum absolute atomic E-state index is 0.0529. The van der Waals surface area contributed by atoms with Gasteiger partial charge in [0.05, 0.1) is 16.1 Å². The third-order valence-electron chi connectivity index (χ3n) is 4.88. The van der Waals surface area contributed by atoms with Crippen LogP contribution in [0.4, 0.5) is 11.4 Å². The zero-order chi connectivity index (χ0) is 19.6. The molecule has 1 heterocycles. The molecule has 2 aromatic carbocycles. The first kappa shape index (κ1) is 19.2. The van der Waals surface area contributed by atoms with Crippen molar-refractivity contribution in [2.75, 3.05) is 22.7 Å². The highest BCUT2D eigenvalue weighted by atomic mass is 32.2. The summed E-state index contributed by atoms with van der Waals surface area (Å²) in [4.78, 5) is 14.0. The van der Waals surface area contributed by atoms with Crippen molar-refractivity contribution in [3.05, 3.63) is 53.6 Å². The van der Waals surface area contributed by atoms with E-state index in [4.69, 9.17) is 0 Å². The van der Waals surface area contributed by atoms with Gasteiger partial charge in [0.25, 0.3) is 10.0 Å². The van der Waals surface area contributed by atoms with Gasteiger partial charge in [-0.25, -0.2) is 13.2 Å². The molecule has 0 unspecified atom stereocenters. The highest BCUT2D eigenvalue weighted by molar-refractivity contribution is 7.92. The molecule has 2 aromatic rings. The Hall–Kier alpha value is -2.54. The van der Waals surface area contributed by atoms with Gasteiger partial charge in [-0.3, -0.25) is 4.72 Å². The van der Waals surface area contributed by atoms with Gasteiger partial charge in [0.1, 0.15) is 0 Å². The number of aryl methyl sites for hydroxylation is 1. The van der Waals surface area contributed by atoms with Crippen molar-refractivity contribution in [2.45, 2.75) is 31.6 Å². The number of carboxylic acids is 1. The highest BCUT2D eigenvalue weighted by Crippen LogP contribution is 2.29. The van der Waals surface area contributed by atoms with E-state index in [9.17, 15) is 18.3 Å². The van der Waals surface area contributed by atoms with Gasteiger partial charge in [-0.15, -0.1) is 0 Å². The number of piperidine rings is 1. The Kier molecular flexibility index (Phi) is 5.41. The molecule has 1 fully saturated rings. The Morgan fingerprint density at radius 1 is 1.22 bits per heavy atom. The van der Waals surface area contributed by atoms with Gasteiger partial charge in [0.2, 0.25) is 0 Å². The molecule has 7 heteroatoms. The lowest BCUT2D eigenvalue weighted by atomic mass is 9.99. The fourth-order valence-electron chi connectivity index (χ4n) is 3.48. The Morgan fingerprint density at radius 3 is 2.63 bits per heavy atom. The van der Waals surface area contributed by atoms with Crippen molar-refractivity contribution < 1.29 is 18.3 Å². The molecule has 1 aliphatic rings. The van der Waals surface area contributed by atoms with Crippen molar-refractivity contribution in [3.8, 4) is 0 Å². The summed E-state index contributed by atoms with van der Waals surface area (Å²) in [5.74, 6) is -0.615. The number of rotatable bonds is 5. The largest absolute Gasteiger partial charge is 0.478 e. The molecule has 1 atom stereocenters. The maximum atomic E-state index is 12.7. The first-order valence-electron chi connectivity index (χ1n) is 8.98. The number of nitrogens with zero attached hydrogens (tertiary/aromatic N) is 1. The predicted octanol–water partition coefficient (Wildman–Crippen LogP) is 3.73. The normalized spacial score (nSPS) is 17.6. The standard InChI is InChI=1S/C20H24N2O4S/c1-14-6-5-11-22(13-14)16-9-10-18(17(12-16)20(23)24)21-27(25,26)19-8-4-3-7-15(19)2/h3-4,7-10,12,14,21H,5-6,11,13H2,1-2H3,(H,23,24)/t14-/m1/s1. The summed E-state index contributed by atoms with van der Waals surface area (Å²) in [6, 6.07) is 11.5. The van der Waals surface area contributed by atoms with Gasteiger partial charge in [-0.05, 0) is 55.5 Å². The van der Waals surface area contributed by atoms with Crippen LogP contribution in [-0.4, -0.2) is 32.6 Å². The molecule has 6 nitrogen and oxygen atoms in total. The number of anilines is 2. The number of carboxylic acid groups (broad SMARTS) is 1. The predicted molar refractivity (Wildman–Crippen MR) is 106 cm³/mol. The average molecular weight is 388 g/mol. The molecule has 0 spiro atoms. The molecule has 2 N–H and O–H groups in total. The summed E-state index contributed by atoms with van der Waals surface area (Å²) in [6.07, 6.45) is 2.22. The van der Waals surface area contributed by atoms with E-state index in [2.05, 4.69) is 16.5 Å². The zero-order valence-electron chi connectivity index (χ0n) is 15.5. The van der Waals surface area contributed by atoms with Crippen LogP contribution in [0, 0.1) is 12.8 Å². The second-order valence-corrected chi connectivity index (χ2v) is 8.75. The molecule has 1 saturated heterocycles. The molecule has 1 aliphatic heterocycles. The van der Waals surface area contributed by atoms with Gasteiger partial charge >= 0.3 is 5.97 Å². The lowest BCUT2D eigenvalue weighted by Crippen LogP contribution is -2.34. The minimum Gasteiger partial charge on any atom is -0.478 e. The number of hydrogen-bond donors (Lipinski definition) is 2. The van der Waals surface area contributed by atoms with Crippen molar-refractivity contribution in [2.24, 2.45) is 5.92 Å². The molecule has 27 heavy (non-hydrogen) atoms. The summed E-state index contributed by atoms with van der Waals surface area (Å²) in [5, 5.41) is 9.61. The Balaban J connectivity index is 1.94. The molecule has 0 aliphatic carbocycles. The summed E-state index contributed by atoms with van der Waals surface area (Å²) in [6.45, 7) is 5.62. The van der Waals surface area contributed by atoms with E-state index < -0.39 is 16.0 Å². The number of benzene rings is 2. The first-order valence-corrected chi connectivity index (χ1v) is 10.5. The second kappa shape index (κ2) is 7.60. The van der Waals surface area contributed by atoms with Crippen LogP contribution in [0.1, 0.15) is 35.7 Å². The van der Waals surface area contributed by atoms with Crippen molar-refractivity contribution >= 4 is 27.4 Å². The fraction of sp³-hybridized carbons (Fsp3) is 0.350. The van der Waals surface area contributed by atoms with E-state index in [0.29, 0.717) is 11.5 Å². The maximum Gasteiger partial charge on any atom is 0.337 e. The van der Waals surface area contributed by atoms with Crippen LogP contribution in [0.5, 0.6) is 0 Å². The molecule has 3 rings (SSSR count). The highest BCUT2D eigenvalue weighted by Gasteiger charge is 2.22. The lowest BCUT2D eigenvalue weighted by molar-refractivity contribution is 0.0698. The van der Waals surface area contributed by atoms with E-state index >= 15 is 0 Å². The van der Waals surface area contributed by atoms with E-state index in [1.165, 1.54) is 12.1 Å². The Labute approximate surface area is 159 Å². The summed E-state index contributed by atoms with van der Waals surface area (Å²) in [7, 11) is -3.87. The van der Waals surface area contributed by atoms with Crippen LogP contribution in [-0.2, 0) is 10.0 Å². The number of nitrogens with one attached hydrogen (secondary N) is 1. The van der Waals surface area contributed by atoms with Gasteiger partial charge in [0, 0.05) is 18.8 Å². The van der Waals surface area contributed by atoms with Gasteiger partial charge in [-0.2, -0.15) is 0 Å². The van der Waals surface area contributed by atoms with Crippen LogP contribution in [0.3, 0.4) is 0 Å². The van der Waals surface area contributed by atoms with E-state index in [0.717, 1.165) is 31.6 Å². The summed E-state index contributed by atoms with van der Waals surface area (Å²) >= 11 is 0. The van der Waals surface area contributed by atoms with Crippen LogP contribution >= 0.6 is 0 Å². The van der Waals surface area contributed by atoms with Crippen LogP contribution in [0.2, 0.25) is 0 Å². The number of aromatic carboxylic acids is 1. The summed E-state index contributed by atoms with van der Waals surface area (Å²) in [5.41, 5.74) is 1.42. The van der Waals surface area contributed by atoms with Crippen molar-refractivity contribution in [3.63, 3.8) is 0 Å². The van der Waals surface area contributed by atoms with E-state index in [1.807, 2.05) is 0 Å². The SMILES string of the molecule is Cc1ccccc1S(=O)(=O)Nc1ccc(N2CCC[C@@H](C)C2)cc1C(=O)O. The zero-order valence-corrected chi connectivity index (χ0v) is 16.3. The Morgan fingerprint density at radius 2 is 1.96 bits per heavy atom. The minimum atomic E-state index is -3.87. The van der Waals surface area contributed by atoms with E-state index in [-0.39, 0.29) is 16.1 Å². The molecule has 0 radical (unpaired) electrons. The second-order valence-electron chi connectivity index (χ2n) is 7.10. The van der Waals surface area contributed by atoms with Crippen LogP contribution < -0.4 is 9.62 Å². The average Bonchev–Trinajstić information content (AvgIpc) is 2.61. The van der Waals surface area contributed by atoms with Gasteiger partial charge in [-0.1, -0.05) is 25.1 Å². The van der Waals surface area contributed by atoms with Gasteiger partial charge in [0.15, 0.2) is 0 Å². The molecule has 0 amide bonds. The molecule has 0 saturated carbocycles. The van der Waals surface area contributed by atoms with E-state index in [1.54, 1.807) is 37.3 Å². The third-order valence-corrected chi connectivity index (χ3v) is 6.41. The molecule has 0 bridgehead atoms. The Bertz CT molecular complexity index is 956. The monoisotopic (exact) mass is 388 g/mol. The van der Waals surface area contributed by atoms with Gasteiger partial charge < -0.3 is 10.0 Å². The number of carbonyl (C=O) groups is 1. The number of hydrogen-bond acceptors (Lipinski definition) is 4. The summed E-state index contributed by atoms with van der Waals surface area (Å²) < 4.78 is 27.9. The fourth-order valence-corrected chi connectivity index (χ4v) is 4.80. The third kappa shape index (κ3) is 4.24. The topological polar surface area (TPSA) is 86.7 Å². The van der Waals surface area contributed by atoms with Crippen molar-refractivity contribution in [1.82, 2.24) is 0 Å². The molecule has 144 valence electrons. The van der Waals surface area contributed by atoms with Crippen LogP contribution in [0.25, 0.3) is 0 Å². The quantitative estimate of drug-likeness (QED) is 0.815. The molecule has 0 aromatic heterocycles. The number of sulfonamides is 1. The maximum absolute atomic E-state index is 12.7. The molecular weight excluding hydrogens is 364 g/mol. The lowest BCUT2D eigenvalue weighted by Gasteiger charge is -2.33. The smallest absolute Gasteiger partial charge is 0.337 e. The van der Waals surface area contributed by atoms with Crippen LogP contribution in [0.15, 0.2) is 47.4 Å². The first-order chi connectivity index (χ1) is 12.8.